The van der Waals surface area contributed by atoms with Gasteiger partial charge in [-0.1, -0.05) is 152 Å². The lowest BCUT2D eigenvalue weighted by Gasteiger charge is -2.26. The predicted molar refractivity (Wildman–Crippen MR) is 185 cm³/mol. The van der Waals surface area contributed by atoms with Crippen molar-refractivity contribution < 1.29 is 20.1 Å². The lowest BCUT2D eigenvalue weighted by atomic mass is 9.99. The third kappa shape index (κ3) is 28.8. The van der Waals surface area contributed by atoms with Crippen molar-refractivity contribution >= 4 is 5.91 Å². The second-order valence-corrected chi connectivity index (χ2v) is 12.1. The number of unbranched alkanes of at least 4 members (excludes halogenated alkanes) is 15. The fraction of sp³-hybridized carbons (Fsp3) is 0.763. The number of carbonyl (C=O) groups is 1. The van der Waals surface area contributed by atoms with Gasteiger partial charge in [-0.3, -0.25) is 4.79 Å². The molecule has 4 N–H and O–H groups in total. The third-order valence-corrected chi connectivity index (χ3v) is 7.94. The summed E-state index contributed by atoms with van der Waals surface area (Å²) in [6, 6.07) is -0.837. The summed E-state index contributed by atoms with van der Waals surface area (Å²) in [5.41, 5.74) is 0. The average molecular weight is 604 g/mol. The van der Waals surface area contributed by atoms with Crippen LogP contribution >= 0.6 is 0 Å². The molecule has 43 heavy (non-hydrogen) atoms. The predicted octanol–water partition coefficient (Wildman–Crippen LogP) is 9.42. The first-order chi connectivity index (χ1) is 21.1. The number of rotatable bonds is 31. The molecule has 5 heteroatoms. The Balaban J connectivity index is 3.85. The molecule has 0 unspecified atom stereocenters. The molecule has 3 atom stereocenters. The monoisotopic (exact) mass is 604 g/mol. The van der Waals surface area contributed by atoms with E-state index in [4.69, 9.17) is 0 Å². The Morgan fingerprint density at radius 2 is 1.00 bits per heavy atom. The van der Waals surface area contributed by atoms with Crippen LogP contribution in [0.2, 0.25) is 0 Å². The molecule has 250 valence electrons. The maximum absolute atomic E-state index is 12.3. The van der Waals surface area contributed by atoms with Crippen LogP contribution in [-0.4, -0.2) is 46.1 Å². The molecule has 0 aromatic carbocycles. The highest BCUT2D eigenvalue weighted by Crippen LogP contribution is 2.15. The van der Waals surface area contributed by atoms with E-state index in [9.17, 15) is 20.1 Å². The standard InChI is InChI=1S/C38H69NO4/c1-3-5-7-9-11-13-15-17-18-19-20-21-23-25-27-29-31-33-37(42)39-35(34-40)38(43)36(41)32-30-28-26-24-22-16-14-12-10-8-6-4-2/h11,13,17-18,20-21,25,27,35-36,38,40-41,43H,3-10,12,14-16,19,22-24,26,28-34H2,1-2H3,(H,39,42)/b13-11-,18-17-,21-20-,27-25-/t35-,36+,38-/m0/s1. The van der Waals surface area contributed by atoms with Gasteiger partial charge in [-0.15, -0.1) is 0 Å². The highest BCUT2D eigenvalue weighted by atomic mass is 16.3. The first-order valence-corrected chi connectivity index (χ1v) is 17.9. The molecule has 0 aliphatic heterocycles. The molecule has 0 bridgehead atoms. The highest BCUT2D eigenvalue weighted by molar-refractivity contribution is 5.76. The molecular formula is C38H69NO4. The molecular weight excluding hydrogens is 534 g/mol. The Hall–Kier alpha value is -1.69. The maximum Gasteiger partial charge on any atom is 0.220 e. The zero-order valence-electron chi connectivity index (χ0n) is 28.1. The van der Waals surface area contributed by atoms with Gasteiger partial charge in [-0.2, -0.15) is 0 Å². The number of amides is 1. The number of hydrogen-bond acceptors (Lipinski definition) is 4. The van der Waals surface area contributed by atoms with Gasteiger partial charge < -0.3 is 20.6 Å². The number of carbonyl (C=O) groups excluding carboxylic acids is 1. The van der Waals surface area contributed by atoms with Gasteiger partial charge in [0.25, 0.3) is 0 Å². The van der Waals surface area contributed by atoms with Crippen LogP contribution in [0.15, 0.2) is 48.6 Å². The lowest BCUT2D eigenvalue weighted by Crippen LogP contribution is -2.50. The molecule has 0 aliphatic rings. The summed E-state index contributed by atoms with van der Waals surface area (Å²) in [6.45, 7) is 4.09. The van der Waals surface area contributed by atoms with Crippen LogP contribution in [0, 0.1) is 0 Å². The van der Waals surface area contributed by atoms with Crippen molar-refractivity contribution in [1.29, 1.82) is 0 Å². The summed E-state index contributed by atoms with van der Waals surface area (Å²) < 4.78 is 0. The SMILES string of the molecule is CCCCC/C=C\C/C=C\C/C=C\C/C=C\CCCC(=O)N[C@@H](CO)[C@H](O)[C@H](O)CCCCCCCCCCCCCC. The molecule has 1 amide bonds. The van der Waals surface area contributed by atoms with Gasteiger partial charge in [0.1, 0.15) is 6.10 Å². The number of nitrogens with one attached hydrogen (secondary N) is 1. The van der Waals surface area contributed by atoms with Crippen LogP contribution in [0.25, 0.3) is 0 Å². The topological polar surface area (TPSA) is 89.8 Å². The zero-order valence-corrected chi connectivity index (χ0v) is 28.1. The molecule has 0 saturated carbocycles. The average Bonchev–Trinajstić information content (AvgIpc) is 3.01. The number of aliphatic hydroxyl groups excluding tert-OH is 3. The van der Waals surface area contributed by atoms with Crippen molar-refractivity contribution in [2.45, 2.75) is 180 Å². The largest absolute Gasteiger partial charge is 0.394 e. The molecule has 0 radical (unpaired) electrons. The van der Waals surface area contributed by atoms with Crippen molar-refractivity contribution in [1.82, 2.24) is 5.32 Å². The van der Waals surface area contributed by atoms with Gasteiger partial charge in [0.15, 0.2) is 0 Å². The highest BCUT2D eigenvalue weighted by Gasteiger charge is 2.26. The minimum absolute atomic E-state index is 0.202. The first-order valence-electron chi connectivity index (χ1n) is 17.9. The summed E-state index contributed by atoms with van der Waals surface area (Å²) in [4.78, 5) is 12.3. The Morgan fingerprint density at radius 1 is 0.581 bits per heavy atom. The van der Waals surface area contributed by atoms with E-state index in [2.05, 4.69) is 67.8 Å². The Morgan fingerprint density at radius 3 is 1.49 bits per heavy atom. The van der Waals surface area contributed by atoms with Gasteiger partial charge in [-0.25, -0.2) is 0 Å². The van der Waals surface area contributed by atoms with Crippen LogP contribution in [0.4, 0.5) is 0 Å². The maximum atomic E-state index is 12.3. The lowest BCUT2D eigenvalue weighted by molar-refractivity contribution is -0.124. The molecule has 0 heterocycles. The van der Waals surface area contributed by atoms with Gasteiger partial charge in [-0.05, 0) is 51.4 Å². The van der Waals surface area contributed by atoms with E-state index in [1.165, 1.54) is 83.5 Å². The van der Waals surface area contributed by atoms with Crippen molar-refractivity contribution in [3.63, 3.8) is 0 Å². The Kier molecular flexibility index (Phi) is 31.9. The van der Waals surface area contributed by atoms with Crippen LogP contribution in [0.1, 0.15) is 162 Å². The molecule has 0 spiro atoms. The quantitative estimate of drug-likeness (QED) is 0.0469. The van der Waals surface area contributed by atoms with Crippen molar-refractivity contribution in [3.05, 3.63) is 48.6 Å². The summed E-state index contributed by atoms with van der Waals surface area (Å²) in [6.07, 6.45) is 40.6. The second-order valence-electron chi connectivity index (χ2n) is 12.1. The van der Waals surface area contributed by atoms with Crippen LogP contribution in [0.5, 0.6) is 0 Å². The fourth-order valence-corrected chi connectivity index (χ4v) is 5.09. The smallest absolute Gasteiger partial charge is 0.220 e. The molecule has 0 rings (SSSR count). The summed E-state index contributed by atoms with van der Waals surface area (Å²) in [7, 11) is 0. The Bertz CT molecular complexity index is 715. The first kappa shape index (κ1) is 41.3. The number of hydrogen-bond donors (Lipinski definition) is 4. The fourth-order valence-electron chi connectivity index (χ4n) is 5.09. The minimum Gasteiger partial charge on any atom is -0.394 e. The summed E-state index contributed by atoms with van der Waals surface area (Å²) >= 11 is 0. The van der Waals surface area contributed by atoms with Gasteiger partial charge in [0.2, 0.25) is 5.91 Å². The zero-order chi connectivity index (χ0) is 31.6. The van der Waals surface area contributed by atoms with Gasteiger partial charge >= 0.3 is 0 Å². The second kappa shape index (κ2) is 33.2. The summed E-state index contributed by atoms with van der Waals surface area (Å²) in [5.74, 6) is -0.202. The van der Waals surface area contributed by atoms with E-state index in [-0.39, 0.29) is 12.5 Å². The van der Waals surface area contributed by atoms with Crippen molar-refractivity contribution in [2.75, 3.05) is 6.61 Å². The van der Waals surface area contributed by atoms with E-state index in [0.29, 0.717) is 19.3 Å². The van der Waals surface area contributed by atoms with Crippen LogP contribution < -0.4 is 5.32 Å². The molecule has 0 aromatic rings. The Labute approximate surface area is 266 Å². The van der Waals surface area contributed by atoms with E-state index in [0.717, 1.165) is 44.9 Å². The molecule has 0 fully saturated rings. The van der Waals surface area contributed by atoms with Gasteiger partial charge in [0.05, 0.1) is 18.8 Å². The molecule has 0 aromatic heterocycles. The van der Waals surface area contributed by atoms with Crippen LogP contribution in [0.3, 0.4) is 0 Å². The van der Waals surface area contributed by atoms with E-state index in [1.807, 2.05) is 0 Å². The van der Waals surface area contributed by atoms with E-state index >= 15 is 0 Å². The molecule has 0 aliphatic carbocycles. The van der Waals surface area contributed by atoms with E-state index < -0.39 is 18.2 Å². The molecule has 5 nitrogen and oxygen atoms in total. The minimum atomic E-state index is -1.16. The normalized spacial score (nSPS) is 14.4. The third-order valence-electron chi connectivity index (χ3n) is 7.94. The van der Waals surface area contributed by atoms with Crippen molar-refractivity contribution in [3.8, 4) is 0 Å². The number of aliphatic hydroxyl groups is 3. The van der Waals surface area contributed by atoms with Crippen molar-refractivity contribution in [2.24, 2.45) is 0 Å². The summed E-state index contributed by atoms with van der Waals surface area (Å²) in [5, 5.41) is 33.2. The van der Waals surface area contributed by atoms with Gasteiger partial charge in [0, 0.05) is 6.42 Å². The van der Waals surface area contributed by atoms with Crippen LogP contribution in [-0.2, 0) is 4.79 Å². The van der Waals surface area contributed by atoms with E-state index in [1.54, 1.807) is 0 Å². The molecule has 0 saturated heterocycles. The number of allylic oxidation sites excluding steroid dienone is 8.